The minimum atomic E-state index is -0.108. The summed E-state index contributed by atoms with van der Waals surface area (Å²) in [6, 6.07) is 3.74. The van der Waals surface area contributed by atoms with Crippen molar-refractivity contribution in [3.63, 3.8) is 0 Å². The summed E-state index contributed by atoms with van der Waals surface area (Å²) in [5, 5.41) is 4.58. The zero-order valence-electron chi connectivity index (χ0n) is 7.80. The fourth-order valence-corrected chi connectivity index (χ4v) is 1.66. The van der Waals surface area contributed by atoms with Crippen LogP contribution in [0.25, 0.3) is 10.9 Å². The Morgan fingerprint density at radius 3 is 2.86 bits per heavy atom. The number of aryl methyl sites for hydroxylation is 1. The maximum Gasteiger partial charge on any atom is 0.210 e. The van der Waals surface area contributed by atoms with Gasteiger partial charge in [-0.1, -0.05) is 21.1 Å². The van der Waals surface area contributed by atoms with E-state index in [9.17, 15) is 4.79 Å². The zero-order chi connectivity index (χ0) is 10.3. The molecule has 0 saturated heterocycles. The number of aromatic nitrogens is 1. The van der Waals surface area contributed by atoms with Crippen LogP contribution in [0.1, 0.15) is 23.0 Å². The van der Waals surface area contributed by atoms with Gasteiger partial charge in [0.15, 0.2) is 5.78 Å². The number of nitrogens with zero attached hydrogens (tertiary/aromatic N) is 1. The average molecular weight is 254 g/mol. The molecule has 0 spiro atoms. The van der Waals surface area contributed by atoms with Crippen molar-refractivity contribution in [3.8, 4) is 0 Å². The van der Waals surface area contributed by atoms with Gasteiger partial charge in [0.1, 0.15) is 5.52 Å². The van der Waals surface area contributed by atoms with Crippen molar-refractivity contribution in [1.82, 2.24) is 5.16 Å². The SMILES string of the molecule is CC(=O)c1onc2cc(C)c(Br)cc12. The Bertz CT molecular complexity index is 516. The van der Waals surface area contributed by atoms with Gasteiger partial charge in [-0.3, -0.25) is 4.79 Å². The maximum absolute atomic E-state index is 11.2. The van der Waals surface area contributed by atoms with Crippen LogP contribution in [0.5, 0.6) is 0 Å². The highest BCUT2D eigenvalue weighted by Gasteiger charge is 2.13. The number of halogens is 1. The number of carbonyl (C=O) groups is 1. The summed E-state index contributed by atoms with van der Waals surface area (Å²) in [5.41, 5.74) is 1.79. The van der Waals surface area contributed by atoms with Gasteiger partial charge in [-0.2, -0.15) is 0 Å². The Kier molecular flexibility index (Phi) is 2.15. The van der Waals surface area contributed by atoms with Crippen LogP contribution >= 0.6 is 15.9 Å². The molecule has 14 heavy (non-hydrogen) atoms. The molecule has 4 heteroatoms. The Labute approximate surface area is 89.2 Å². The standard InChI is InChI=1S/C10H8BrNO2/c1-5-3-9-7(4-8(5)11)10(6(2)13)14-12-9/h3-4H,1-2H3. The predicted molar refractivity (Wildman–Crippen MR) is 56.5 cm³/mol. The van der Waals surface area contributed by atoms with Crippen LogP contribution in [-0.2, 0) is 0 Å². The third kappa shape index (κ3) is 1.35. The van der Waals surface area contributed by atoms with E-state index in [2.05, 4.69) is 21.1 Å². The van der Waals surface area contributed by atoms with Gasteiger partial charge in [-0.05, 0) is 24.6 Å². The molecule has 0 radical (unpaired) electrons. The minimum absolute atomic E-state index is 0.108. The molecule has 0 amide bonds. The van der Waals surface area contributed by atoms with E-state index < -0.39 is 0 Å². The molecule has 0 N–H and O–H groups in total. The molecule has 0 unspecified atom stereocenters. The normalized spacial score (nSPS) is 10.8. The van der Waals surface area contributed by atoms with E-state index in [1.54, 1.807) is 0 Å². The molecule has 0 atom stereocenters. The van der Waals surface area contributed by atoms with Crippen LogP contribution in [0.15, 0.2) is 21.1 Å². The molecule has 0 aliphatic rings. The summed E-state index contributed by atoms with van der Waals surface area (Å²) in [7, 11) is 0. The van der Waals surface area contributed by atoms with Crippen molar-refractivity contribution < 1.29 is 9.32 Å². The summed E-state index contributed by atoms with van der Waals surface area (Å²) >= 11 is 3.40. The Morgan fingerprint density at radius 2 is 2.21 bits per heavy atom. The van der Waals surface area contributed by atoms with Gasteiger partial charge in [0.2, 0.25) is 5.76 Å². The van der Waals surface area contributed by atoms with E-state index in [-0.39, 0.29) is 5.78 Å². The maximum atomic E-state index is 11.2. The van der Waals surface area contributed by atoms with Gasteiger partial charge >= 0.3 is 0 Å². The van der Waals surface area contributed by atoms with Crippen molar-refractivity contribution >= 4 is 32.6 Å². The van der Waals surface area contributed by atoms with Crippen molar-refractivity contribution in [2.24, 2.45) is 0 Å². The largest absolute Gasteiger partial charge is 0.352 e. The first-order chi connectivity index (χ1) is 6.59. The Hall–Kier alpha value is -1.16. The lowest BCUT2D eigenvalue weighted by Crippen LogP contribution is -1.88. The van der Waals surface area contributed by atoms with E-state index in [1.165, 1.54) is 6.92 Å². The monoisotopic (exact) mass is 253 g/mol. The molecule has 72 valence electrons. The highest BCUT2D eigenvalue weighted by Crippen LogP contribution is 2.26. The van der Waals surface area contributed by atoms with Crippen LogP contribution in [0, 0.1) is 6.92 Å². The van der Waals surface area contributed by atoms with Crippen LogP contribution in [-0.4, -0.2) is 10.9 Å². The van der Waals surface area contributed by atoms with Crippen LogP contribution in [0.2, 0.25) is 0 Å². The van der Waals surface area contributed by atoms with E-state index >= 15 is 0 Å². The number of benzene rings is 1. The molecule has 0 bridgehead atoms. The van der Waals surface area contributed by atoms with Crippen LogP contribution < -0.4 is 0 Å². The molecule has 3 nitrogen and oxygen atoms in total. The number of rotatable bonds is 1. The lowest BCUT2D eigenvalue weighted by molar-refractivity contribution is 0.0981. The van der Waals surface area contributed by atoms with E-state index in [4.69, 9.17) is 4.52 Å². The number of carbonyl (C=O) groups excluding carboxylic acids is 1. The molecule has 2 aromatic rings. The highest BCUT2D eigenvalue weighted by atomic mass is 79.9. The number of Topliss-reactive ketones (excluding diaryl/α,β-unsaturated/α-hetero) is 1. The smallest absolute Gasteiger partial charge is 0.210 e. The molecule has 0 aliphatic carbocycles. The summed E-state index contributed by atoms with van der Waals surface area (Å²) in [4.78, 5) is 11.2. The first-order valence-electron chi connectivity index (χ1n) is 4.16. The fourth-order valence-electron chi connectivity index (χ4n) is 1.32. The first-order valence-corrected chi connectivity index (χ1v) is 4.95. The van der Waals surface area contributed by atoms with Crippen molar-refractivity contribution in [1.29, 1.82) is 0 Å². The van der Waals surface area contributed by atoms with Gasteiger partial charge in [-0.25, -0.2) is 0 Å². The average Bonchev–Trinajstić information content (AvgIpc) is 2.48. The summed E-state index contributed by atoms with van der Waals surface area (Å²) in [6.45, 7) is 3.43. The molecule has 0 aliphatic heterocycles. The second-order valence-electron chi connectivity index (χ2n) is 3.19. The third-order valence-corrected chi connectivity index (χ3v) is 2.93. The van der Waals surface area contributed by atoms with Crippen LogP contribution in [0.3, 0.4) is 0 Å². The molecular formula is C10H8BrNO2. The highest BCUT2D eigenvalue weighted by molar-refractivity contribution is 9.10. The van der Waals surface area contributed by atoms with E-state index in [1.807, 2.05) is 19.1 Å². The first kappa shape index (κ1) is 9.40. The molecule has 1 heterocycles. The molecular weight excluding hydrogens is 246 g/mol. The second-order valence-corrected chi connectivity index (χ2v) is 4.04. The number of ketones is 1. The molecule has 2 rings (SSSR count). The number of hydrogen-bond donors (Lipinski definition) is 0. The molecule has 0 saturated carbocycles. The van der Waals surface area contributed by atoms with Crippen molar-refractivity contribution in [2.75, 3.05) is 0 Å². The Morgan fingerprint density at radius 1 is 1.50 bits per heavy atom. The topological polar surface area (TPSA) is 43.1 Å². The Balaban J connectivity index is 2.80. The molecule has 1 aromatic carbocycles. The minimum Gasteiger partial charge on any atom is -0.352 e. The van der Waals surface area contributed by atoms with Crippen LogP contribution in [0.4, 0.5) is 0 Å². The summed E-state index contributed by atoms with van der Waals surface area (Å²) in [6.07, 6.45) is 0. The van der Waals surface area contributed by atoms with Gasteiger partial charge in [-0.15, -0.1) is 0 Å². The lowest BCUT2D eigenvalue weighted by atomic mass is 10.1. The predicted octanol–water partition coefficient (Wildman–Crippen LogP) is 3.10. The van der Waals surface area contributed by atoms with Gasteiger partial charge < -0.3 is 4.52 Å². The zero-order valence-corrected chi connectivity index (χ0v) is 9.38. The quantitative estimate of drug-likeness (QED) is 0.734. The van der Waals surface area contributed by atoms with Gasteiger partial charge in [0.25, 0.3) is 0 Å². The van der Waals surface area contributed by atoms with Crippen molar-refractivity contribution in [2.45, 2.75) is 13.8 Å². The molecule has 1 aromatic heterocycles. The summed E-state index contributed by atoms with van der Waals surface area (Å²) in [5.74, 6) is 0.212. The lowest BCUT2D eigenvalue weighted by Gasteiger charge is -1.96. The van der Waals surface area contributed by atoms with Gasteiger partial charge in [0, 0.05) is 11.4 Å². The van der Waals surface area contributed by atoms with E-state index in [0.717, 1.165) is 20.9 Å². The van der Waals surface area contributed by atoms with E-state index in [0.29, 0.717) is 5.76 Å². The van der Waals surface area contributed by atoms with Gasteiger partial charge in [0.05, 0.1) is 5.39 Å². The second kappa shape index (κ2) is 3.20. The van der Waals surface area contributed by atoms with Crippen molar-refractivity contribution in [3.05, 3.63) is 27.9 Å². The number of hydrogen-bond acceptors (Lipinski definition) is 3. The number of fused-ring (bicyclic) bond motifs is 1. The molecule has 0 fully saturated rings. The summed E-state index contributed by atoms with van der Waals surface area (Å²) < 4.78 is 5.92. The fraction of sp³-hybridized carbons (Fsp3) is 0.200. The third-order valence-electron chi connectivity index (χ3n) is 2.08.